The van der Waals surface area contributed by atoms with Crippen molar-refractivity contribution in [1.29, 1.82) is 0 Å². The summed E-state index contributed by atoms with van der Waals surface area (Å²) >= 11 is 1.65. The minimum absolute atomic E-state index is 0.380. The maximum atomic E-state index is 11.1. The monoisotopic (exact) mass is 457 g/mol. The molecule has 0 atom stereocenters. The number of aromatic nitrogens is 2. The molecule has 7 nitrogen and oxygen atoms in total. The predicted octanol–water partition coefficient (Wildman–Crippen LogP) is 4.47. The Bertz CT molecular complexity index is 1050. The molecular weight excluding hydrogens is 426 g/mol. The Balaban J connectivity index is 1.70. The Morgan fingerprint density at radius 3 is 2.62 bits per heavy atom. The van der Waals surface area contributed by atoms with E-state index in [0.29, 0.717) is 37.2 Å². The third-order valence-corrected chi connectivity index (χ3v) is 6.26. The molecule has 32 heavy (non-hydrogen) atoms. The number of benzene rings is 1. The number of rotatable bonds is 10. The van der Waals surface area contributed by atoms with Crippen LogP contribution in [0.5, 0.6) is 5.75 Å². The fraction of sp³-hybridized carbons (Fsp3) is 0.458. The van der Waals surface area contributed by atoms with Crippen LogP contribution >= 0.6 is 11.3 Å². The topological polar surface area (TPSA) is 97.5 Å². The van der Waals surface area contributed by atoms with Crippen molar-refractivity contribution in [2.24, 2.45) is 5.92 Å². The molecule has 0 fully saturated rings. The number of nitrogens with zero attached hydrogens (tertiary/aromatic N) is 2. The van der Waals surface area contributed by atoms with E-state index in [-0.39, 0.29) is 5.91 Å². The van der Waals surface area contributed by atoms with Crippen molar-refractivity contribution in [2.75, 3.05) is 19.8 Å². The normalized spacial score (nSPS) is 11.2. The number of thiophene rings is 1. The van der Waals surface area contributed by atoms with Crippen molar-refractivity contribution in [3.63, 3.8) is 0 Å². The second-order valence-corrected chi connectivity index (χ2v) is 9.27. The Labute approximate surface area is 192 Å². The van der Waals surface area contributed by atoms with Crippen LogP contribution < -0.4 is 10.1 Å². The van der Waals surface area contributed by atoms with Gasteiger partial charge in [0.15, 0.2) is 0 Å². The van der Waals surface area contributed by atoms with Gasteiger partial charge in [-0.3, -0.25) is 4.79 Å². The van der Waals surface area contributed by atoms with Crippen molar-refractivity contribution >= 4 is 17.2 Å². The fourth-order valence-corrected chi connectivity index (χ4v) is 4.60. The van der Waals surface area contributed by atoms with Crippen LogP contribution in [0.25, 0.3) is 22.2 Å². The lowest BCUT2D eigenvalue weighted by Crippen LogP contribution is -2.28. The third kappa shape index (κ3) is 5.75. The standard InChI is InChI=1S/C24H31N3O4S/c1-14(2)9-19-13-32-22(17(19)5)24-26-23(27-31-24)18-10-15(3)21(16(4)11-18)30-8-6-7-25-20(29)12-28/h10-11,13-14,28H,6-9,12H2,1-5H3,(H,25,29). The zero-order valence-electron chi connectivity index (χ0n) is 19.3. The summed E-state index contributed by atoms with van der Waals surface area (Å²) < 4.78 is 11.5. The Kier molecular flexibility index (Phi) is 8.04. The van der Waals surface area contributed by atoms with Crippen LogP contribution in [0.1, 0.15) is 42.5 Å². The number of ether oxygens (including phenoxy) is 1. The molecule has 0 saturated heterocycles. The summed E-state index contributed by atoms with van der Waals surface area (Å²) in [5.74, 6) is 2.15. The molecule has 0 aliphatic heterocycles. The van der Waals surface area contributed by atoms with Gasteiger partial charge in [0.1, 0.15) is 12.4 Å². The Hall–Kier alpha value is -2.71. The first kappa shape index (κ1) is 23.9. The fourth-order valence-electron chi connectivity index (χ4n) is 3.57. The molecule has 1 aromatic carbocycles. The summed E-state index contributed by atoms with van der Waals surface area (Å²) in [4.78, 5) is 16.7. The lowest BCUT2D eigenvalue weighted by molar-refractivity contribution is -0.123. The highest BCUT2D eigenvalue weighted by atomic mass is 32.1. The molecule has 8 heteroatoms. The molecule has 0 bridgehead atoms. The Morgan fingerprint density at radius 2 is 1.97 bits per heavy atom. The van der Waals surface area contributed by atoms with Gasteiger partial charge in [-0.1, -0.05) is 19.0 Å². The number of hydrogen-bond donors (Lipinski definition) is 2. The third-order valence-electron chi connectivity index (χ3n) is 5.14. The quantitative estimate of drug-likeness (QED) is 0.436. The first-order valence-corrected chi connectivity index (χ1v) is 11.7. The van der Waals surface area contributed by atoms with Gasteiger partial charge < -0.3 is 19.7 Å². The average Bonchev–Trinajstić information content (AvgIpc) is 3.36. The molecule has 2 N–H and O–H groups in total. The minimum atomic E-state index is -0.497. The molecule has 0 unspecified atom stereocenters. The number of nitrogens with one attached hydrogen (secondary N) is 1. The van der Waals surface area contributed by atoms with Crippen LogP contribution in [0.3, 0.4) is 0 Å². The van der Waals surface area contributed by atoms with Gasteiger partial charge in [-0.2, -0.15) is 4.98 Å². The lowest BCUT2D eigenvalue weighted by Gasteiger charge is -2.13. The summed E-state index contributed by atoms with van der Waals surface area (Å²) in [6, 6.07) is 3.99. The molecule has 3 rings (SSSR count). The Morgan fingerprint density at radius 1 is 1.25 bits per heavy atom. The van der Waals surface area contributed by atoms with Crippen molar-refractivity contribution in [1.82, 2.24) is 15.5 Å². The smallest absolute Gasteiger partial charge is 0.268 e. The van der Waals surface area contributed by atoms with Gasteiger partial charge >= 0.3 is 0 Å². The SMILES string of the molecule is Cc1cc(-c2noc(-c3scc(CC(C)C)c3C)n2)cc(C)c1OCCCNC(=O)CO. The van der Waals surface area contributed by atoms with Crippen LogP contribution in [-0.4, -0.2) is 40.9 Å². The van der Waals surface area contributed by atoms with Crippen LogP contribution in [0, 0.1) is 26.7 Å². The van der Waals surface area contributed by atoms with Gasteiger partial charge in [-0.25, -0.2) is 0 Å². The number of hydrogen-bond acceptors (Lipinski definition) is 7. The van der Waals surface area contributed by atoms with Crippen LogP contribution in [0.4, 0.5) is 0 Å². The molecular formula is C24H31N3O4S. The van der Waals surface area contributed by atoms with E-state index in [1.165, 1.54) is 11.1 Å². The predicted molar refractivity (Wildman–Crippen MR) is 126 cm³/mol. The van der Waals surface area contributed by atoms with Gasteiger partial charge in [0, 0.05) is 12.1 Å². The number of carbonyl (C=O) groups is 1. The zero-order valence-corrected chi connectivity index (χ0v) is 20.1. The van der Waals surface area contributed by atoms with E-state index in [2.05, 4.69) is 41.6 Å². The molecule has 1 amide bonds. The molecule has 0 aliphatic carbocycles. The number of aryl methyl sites for hydroxylation is 2. The zero-order chi connectivity index (χ0) is 23.3. The second-order valence-electron chi connectivity index (χ2n) is 8.39. The summed E-state index contributed by atoms with van der Waals surface area (Å²) in [6.45, 7) is 11.0. The molecule has 172 valence electrons. The highest BCUT2D eigenvalue weighted by Crippen LogP contribution is 2.34. The van der Waals surface area contributed by atoms with E-state index in [1.54, 1.807) is 11.3 Å². The van der Waals surface area contributed by atoms with Crippen molar-refractivity contribution in [2.45, 2.75) is 47.5 Å². The molecule has 0 spiro atoms. The molecule has 3 aromatic rings. The van der Waals surface area contributed by atoms with E-state index in [0.717, 1.165) is 33.7 Å². The summed E-state index contributed by atoms with van der Waals surface area (Å²) in [5, 5.41) is 17.7. The summed E-state index contributed by atoms with van der Waals surface area (Å²) in [7, 11) is 0. The van der Waals surface area contributed by atoms with Crippen molar-refractivity contribution in [3.8, 4) is 27.9 Å². The second kappa shape index (κ2) is 10.7. The molecule has 2 aromatic heterocycles. The molecule has 0 radical (unpaired) electrons. The first-order valence-electron chi connectivity index (χ1n) is 10.8. The first-order chi connectivity index (χ1) is 15.3. The highest BCUT2D eigenvalue weighted by Gasteiger charge is 2.18. The summed E-state index contributed by atoms with van der Waals surface area (Å²) in [6.07, 6.45) is 1.69. The maximum absolute atomic E-state index is 11.1. The van der Waals surface area contributed by atoms with Crippen molar-refractivity contribution < 1.29 is 19.2 Å². The molecule has 0 aliphatic rings. The van der Waals surface area contributed by atoms with Gasteiger partial charge in [0.25, 0.3) is 5.89 Å². The van der Waals surface area contributed by atoms with Crippen LogP contribution in [-0.2, 0) is 11.2 Å². The number of amides is 1. The van der Waals surface area contributed by atoms with E-state index in [9.17, 15) is 4.79 Å². The maximum Gasteiger partial charge on any atom is 0.268 e. The van der Waals surface area contributed by atoms with E-state index >= 15 is 0 Å². The van der Waals surface area contributed by atoms with Gasteiger partial charge in [-0.15, -0.1) is 11.3 Å². The molecule has 0 saturated carbocycles. The van der Waals surface area contributed by atoms with E-state index in [1.807, 2.05) is 26.0 Å². The van der Waals surface area contributed by atoms with Crippen LogP contribution in [0.2, 0.25) is 0 Å². The van der Waals surface area contributed by atoms with E-state index < -0.39 is 6.61 Å². The number of aliphatic hydroxyl groups is 1. The van der Waals surface area contributed by atoms with Gasteiger partial charge in [0.2, 0.25) is 11.7 Å². The lowest BCUT2D eigenvalue weighted by atomic mass is 10.0. The van der Waals surface area contributed by atoms with Crippen LogP contribution in [0.15, 0.2) is 22.0 Å². The largest absolute Gasteiger partial charge is 0.493 e. The number of carbonyl (C=O) groups excluding carboxylic acids is 1. The van der Waals surface area contributed by atoms with E-state index in [4.69, 9.17) is 14.4 Å². The minimum Gasteiger partial charge on any atom is -0.493 e. The summed E-state index contributed by atoms with van der Waals surface area (Å²) in [5.41, 5.74) is 5.40. The van der Waals surface area contributed by atoms with Gasteiger partial charge in [0.05, 0.1) is 11.5 Å². The number of aliphatic hydroxyl groups excluding tert-OH is 1. The average molecular weight is 458 g/mol. The van der Waals surface area contributed by atoms with Gasteiger partial charge in [-0.05, 0) is 79.3 Å². The highest BCUT2D eigenvalue weighted by molar-refractivity contribution is 7.13. The van der Waals surface area contributed by atoms with Crippen molar-refractivity contribution in [3.05, 3.63) is 39.8 Å². The molecule has 2 heterocycles.